The SMILES string of the molecule is CC(C)(C)[C@@H](COc1ccc(C(N)=NCC2CCCC2)cc1)C(=O)O. The summed E-state index contributed by atoms with van der Waals surface area (Å²) in [5.74, 6) is 0.462. The molecule has 1 aromatic rings. The summed E-state index contributed by atoms with van der Waals surface area (Å²) in [7, 11) is 0. The number of benzene rings is 1. The number of rotatable bonds is 7. The Morgan fingerprint density at radius 1 is 1.28 bits per heavy atom. The topological polar surface area (TPSA) is 84.9 Å². The number of aliphatic imine (C=N–C) groups is 1. The first-order valence-electron chi connectivity index (χ1n) is 9.03. The smallest absolute Gasteiger partial charge is 0.310 e. The lowest BCUT2D eigenvalue weighted by Gasteiger charge is -2.26. The number of nitrogens with two attached hydrogens (primary N) is 1. The Morgan fingerprint density at radius 2 is 1.88 bits per heavy atom. The van der Waals surface area contributed by atoms with Crippen molar-refractivity contribution >= 4 is 11.8 Å². The number of aliphatic carboxylic acids is 1. The Balaban J connectivity index is 1.92. The van der Waals surface area contributed by atoms with Crippen molar-refractivity contribution in [2.24, 2.45) is 28.0 Å². The molecule has 0 aliphatic heterocycles. The van der Waals surface area contributed by atoms with E-state index in [1.807, 2.05) is 45.0 Å². The van der Waals surface area contributed by atoms with Crippen LogP contribution in [0.25, 0.3) is 0 Å². The first kappa shape index (κ1) is 19.3. The maximum atomic E-state index is 11.4. The highest BCUT2D eigenvalue weighted by Gasteiger charge is 2.31. The van der Waals surface area contributed by atoms with Crippen LogP contribution in [0, 0.1) is 17.3 Å². The van der Waals surface area contributed by atoms with Crippen LogP contribution in [0.15, 0.2) is 29.3 Å². The molecule has 1 saturated carbocycles. The number of amidine groups is 1. The molecular formula is C20H30N2O3. The van der Waals surface area contributed by atoms with Crippen LogP contribution in [0.5, 0.6) is 5.75 Å². The van der Waals surface area contributed by atoms with Crippen molar-refractivity contribution in [3.05, 3.63) is 29.8 Å². The molecule has 2 rings (SSSR count). The first-order valence-corrected chi connectivity index (χ1v) is 9.03. The predicted octanol–water partition coefficient (Wildman–Crippen LogP) is 3.71. The van der Waals surface area contributed by atoms with Crippen molar-refractivity contribution in [2.45, 2.75) is 46.5 Å². The Morgan fingerprint density at radius 3 is 2.40 bits per heavy atom. The minimum absolute atomic E-state index is 0.142. The van der Waals surface area contributed by atoms with E-state index < -0.39 is 11.9 Å². The van der Waals surface area contributed by atoms with E-state index in [0.29, 0.717) is 17.5 Å². The van der Waals surface area contributed by atoms with Gasteiger partial charge in [-0.1, -0.05) is 33.6 Å². The fourth-order valence-electron chi connectivity index (χ4n) is 3.10. The molecule has 5 nitrogen and oxygen atoms in total. The molecule has 1 atom stereocenters. The molecule has 1 aromatic carbocycles. The molecule has 0 bridgehead atoms. The minimum Gasteiger partial charge on any atom is -0.493 e. The van der Waals surface area contributed by atoms with E-state index in [0.717, 1.165) is 12.1 Å². The van der Waals surface area contributed by atoms with Crippen molar-refractivity contribution in [1.82, 2.24) is 0 Å². The van der Waals surface area contributed by atoms with Crippen LogP contribution < -0.4 is 10.5 Å². The van der Waals surface area contributed by atoms with E-state index in [2.05, 4.69) is 4.99 Å². The Kier molecular flexibility index (Phi) is 6.45. The summed E-state index contributed by atoms with van der Waals surface area (Å²) in [6, 6.07) is 7.37. The molecule has 138 valence electrons. The third kappa shape index (κ3) is 5.76. The molecule has 3 N–H and O–H groups in total. The lowest BCUT2D eigenvalue weighted by atomic mass is 9.81. The number of hydrogen-bond donors (Lipinski definition) is 2. The van der Waals surface area contributed by atoms with Crippen molar-refractivity contribution in [3.63, 3.8) is 0 Å². The van der Waals surface area contributed by atoms with E-state index >= 15 is 0 Å². The van der Waals surface area contributed by atoms with Gasteiger partial charge in [-0.25, -0.2) is 0 Å². The maximum Gasteiger partial charge on any atom is 0.310 e. The van der Waals surface area contributed by atoms with Crippen LogP contribution in [0.3, 0.4) is 0 Å². The number of carboxylic acids is 1. The molecule has 5 heteroatoms. The lowest BCUT2D eigenvalue weighted by Crippen LogP contribution is -2.33. The number of hydrogen-bond acceptors (Lipinski definition) is 3. The molecule has 0 amide bonds. The second kappa shape index (κ2) is 8.37. The summed E-state index contributed by atoms with van der Waals surface area (Å²) in [6.45, 7) is 6.65. The largest absolute Gasteiger partial charge is 0.493 e. The van der Waals surface area contributed by atoms with Gasteiger partial charge in [0, 0.05) is 12.1 Å². The monoisotopic (exact) mass is 346 g/mol. The Hall–Kier alpha value is -2.04. The Labute approximate surface area is 150 Å². The zero-order chi connectivity index (χ0) is 18.4. The van der Waals surface area contributed by atoms with Gasteiger partial charge in [0.25, 0.3) is 0 Å². The molecule has 25 heavy (non-hydrogen) atoms. The normalized spacial score (nSPS) is 17.5. The fourth-order valence-corrected chi connectivity index (χ4v) is 3.10. The number of carbonyl (C=O) groups is 1. The zero-order valence-electron chi connectivity index (χ0n) is 15.5. The van der Waals surface area contributed by atoms with Crippen LogP contribution in [-0.4, -0.2) is 30.1 Å². The highest BCUT2D eigenvalue weighted by molar-refractivity contribution is 5.97. The number of nitrogens with zero attached hydrogens (tertiary/aromatic N) is 1. The molecule has 0 heterocycles. The van der Waals surface area contributed by atoms with E-state index in [9.17, 15) is 9.90 Å². The predicted molar refractivity (Wildman–Crippen MR) is 100 cm³/mol. The van der Waals surface area contributed by atoms with Gasteiger partial charge >= 0.3 is 5.97 Å². The van der Waals surface area contributed by atoms with E-state index in [-0.39, 0.29) is 12.0 Å². The second-order valence-electron chi connectivity index (χ2n) is 7.97. The summed E-state index contributed by atoms with van der Waals surface area (Å²) < 4.78 is 5.67. The molecule has 0 aromatic heterocycles. The van der Waals surface area contributed by atoms with Gasteiger partial charge in [-0.3, -0.25) is 9.79 Å². The fraction of sp³-hybridized carbons (Fsp3) is 0.600. The molecule has 0 radical (unpaired) electrons. The quantitative estimate of drug-likeness (QED) is 0.582. The van der Waals surface area contributed by atoms with Crippen molar-refractivity contribution in [2.75, 3.05) is 13.2 Å². The van der Waals surface area contributed by atoms with Gasteiger partial charge in [0.05, 0.1) is 5.92 Å². The van der Waals surface area contributed by atoms with Crippen molar-refractivity contribution < 1.29 is 14.6 Å². The molecule has 1 aliphatic rings. The average Bonchev–Trinajstić information content (AvgIpc) is 3.05. The van der Waals surface area contributed by atoms with Gasteiger partial charge in [0.2, 0.25) is 0 Å². The summed E-state index contributed by atoms with van der Waals surface area (Å²) in [5, 5.41) is 9.34. The zero-order valence-corrected chi connectivity index (χ0v) is 15.5. The maximum absolute atomic E-state index is 11.4. The van der Waals surface area contributed by atoms with E-state index in [1.54, 1.807) is 0 Å². The van der Waals surface area contributed by atoms with E-state index in [4.69, 9.17) is 10.5 Å². The number of carboxylic acid groups (broad SMARTS) is 1. The number of ether oxygens (including phenoxy) is 1. The van der Waals surface area contributed by atoms with Crippen LogP contribution >= 0.6 is 0 Å². The van der Waals surface area contributed by atoms with Crippen LogP contribution in [-0.2, 0) is 4.79 Å². The molecule has 0 saturated heterocycles. The standard InChI is InChI=1S/C20H30N2O3/c1-20(2,3)17(19(23)24)13-25-16-10-8-15(9-11-16)18(21)22-12-14-6-4-5-7-14/h8-11,14,17H,4-7,12-13H2,1-3H3,(H2,21,22)(H,23,24)/t17-/m0/s1. The second-order valence-corrected chi connectivity index (χ2v) is 7.97. The molecular weight excluding hydrogens is 316 g/mol. The Bertz CT molecular complexity index is 596. The summed E-state index contributed by atoms with van der Waals surface area (Å²) in [6.07, 6.45) is 5.11. The summed E-state index contributed by atoms with van der Waals surface area (Å²) in [5.41, 5.74) is 6.59. The van der Waals surface area contributed by atoms with Gasteiger partial charge < -0.3 is 15.6 Å². The third-order valence-electron chi connectivity index (χ3n) is 4.90. The van der Waals surface area contributed by atoms with E-state index in [1.165, 1.54) is 25.7 Å². The highest BCUT2D eigenvalue weighted by atomic mass is 16.5. The molecule has 1 fully saturated rings. The van der Waals surface area contributed by atoms with Crippen molar-refractivity contribution in [3.8, 4) is 5.75 Å². The van der Waals surface area contributed by atoms with Gasteiger partial charge in [-0.05, 0) is 48.4 Å². The van der Waals surface area contributed by atoms with Crippen molar-refractivity contribution in [1.29, 1.82) is 0 Å². The summed E-state index contributed by atoms with van der Waals surface area (Å²) >= 11 is 0. The average molecular weight is 346 g/mol. The molecule has 0 spiro atoms. The molecule has 1 aliphatic carbocycles. The van der Waals surface area contributed by atoms with Gasteiger partial charge in [-0.15, -0.1) is 0 Å². The van der Waals surface area contributed by atoms with Gasteiger partial charge in [0.15, 0.2) is 0 Å². The lowest BCUT2D eigenvalue weighted by molar-refractivity contribution is -0.146. The summed E-state index contributed by atoms with van der Waals surface area (Å²) in [4.78, 5) is 15.9. The van der Waals surface area contributed by atoms with Gasteiger partial charge in [-0.2, -0.15) is 0 Å². The van der Waals surface area contributed by atoms with Crippen LogP contribution in [0.2, 0.25) is 0 Å². The first-order chi connectivity index (χ1) is 11.8. The molecule has 0 unspecified atom stereocenters. The van der Waals surface area contributed by atoms with Crippen LogP contribution in [0.1, 0.15) is 52.0 Å². The minimum atomic E-state index is -0.840. The van der Waals surface area contributed by atoms with Crippen LogP contribution in [0.4, 0.5) is 0 Å². The third-order valence-corrected chi connectivity index (χ3v) is 4.90. The highest BCUT2D eigenvalue weighted by Crippen LogP contribution is 2.27. The van der Waals surface area contributed by atoms with Gasteiger partial charge in [0.1, 0.15) is 18.2 Å².